The highest BCUT2D eigenvalue weighted by Gasteiger charge is 2.23. The smallest absolute Gasteiger partial charge is 0.225 e. The molecule has 0 atom stereocenters. The maximum atomic E-state index is 12.0. The first-order valence-corrected chi connectivity index (χ1v) is 7.51. The molecule has 22 heavy (non-hydrogen) atoms. The predicted octanol–water partition coefficient (Wildman–Crippen LogP) is 0.723. The summed E-state index contributed by atoms with van der Waals surface area (Å²) in [5.74, 6) is 1.10. The van der Waals surface area contributed by atoms with Crippen LogP contribution in [0.2, 0.25) is 0 Å². The Kier molecular flexibility index (Phi) is 4.24. The summed E-state index contributed by atoms with van der Waals surface area (Å²) in [4.78, 5) is 20.6. The van der Waals surface area contributed by atoms with Crippen LogP contribution in [-0.2, 0) is 9.53 Å². The van der Waals surface area contributed by atoms with Crippen LogP contribution in [0.4, 0.5) is 5.82 Å². The molecule has 0 unspecified atom stereocenters. The minimum Gasteiger partial charge on any atom is -0.384 e. The van der Waals surface area contributed by atoms with E-state index in [1.807, 2.05) is 28.6 Å². The molecule has 0 bridgehead atoms. The third kappa shape index (κ3) is 2.89. The summed E-state index contributed by atoms with van der Waals surface area (Å²) in [5.41, 5.74) is 1.99. The first kappa shape index (κ1) is 14.8. The van der Waals surface area contributed by atoms with Crippen molar-refractivity contribution in [3.63, 3.8) is 0 Å². The summed E-state index contributed by atoms with van der Waals surface area (Å²) in [6.45, 7) is 5.47. The molecule has 3 heterocycles. The molecule has 0 spiro atoms. The van der Waals surface area contributed by atoms with E-state index in [1.165, 1.54) is 0 Å². The Morgan fingerprint density at radius 1 is 1.32 bits per heavy atom. The van der Waals surface area contributed by atoms with Gasteiger partial charge in [0.25, 0.3) is 0 Å². The summed E-state index contributed by atoms with van der Waals surface area (Å²) in [6.07, 6.45) is 4.08. The molecule has 0 saturated carbocycles. The first-order valence-electron chi connectivity index (χ1n) is 7.51. The summed E-state index contributed by atoms with van der Waals surface area (Å²) >= 11 is 0. The lowest BCUT2D eigenvalue weighted by atomic mass is 10.2. The number of rotatable bonds is 4. The number of hydrogen-bond donors (Lipinski definition) is 0. The van der Waals surface area contributed by atoms with Gasteiger partial charge in [0, 0.05) is 45.7 Å². The highest BCUT2D eigenvalue weighted by molar-refractivity contribution is 5.77. The van der Waals surface area contributed by atoms with E-state index in [4.69, 9.17) is 4.74 Å². The number of methoxy groups -OCH3 is 1. The number of aryl methyl sites for hydroxylation is 1. The first-order chi connectivity index (χ1) is 10.7. The number of anilines is 1. The van der Waals surface area contributed by atoms with Crippen LogP contribution in [0.5, 0.6) is 0 Å². The number of carbonyl (C=O) groups excluding carboxylic acids is 1. The van der Waals surface area contributed by atoms with Crippen LogP contribution in [0.3, 0.4) is 0 Å². The van der Waals surface area contributed by atoms with Crippen molar-refractivity contribution >= 4 is 17.2 Å². The van der Waals surface area contributed by atoms with Gasteiger partial charge in [0.2, 0.25) is 5.91 Å². The highest BCUT2D eigenvalue weighted by atomic mass is 16.5. The molecular weight excluding hydrogens is 282 g/mol. The largest absolute Gasteiger partial charge is 0.384 e. The van der Waals surface area contributed by atoms with Gasteiger partial charge < -0.3 is 14.5 Å². The average Bonchev–Trinajstić information content (AvgIpc) is 2.92. The van der Waals surface area contributed by atoms with Gasteiger partial charge in [0.15, 0.2) is 5.82 Å². The van der Waals surface area contributed by atoms with E-state index in [9.17, 15) is 4.79 Å². The van der Waals surface area contributed by atoms with Crippen molar-refractivity contribution in [2.45, 2.75) is 13.3 Å². The zero-order chi connectivity index (χ0) is 15.5. The van der Waals surface area contributed by atoms with E-state index in [2.05, 4.69) is 15.0 Å². The monoisotopic (exact) mass is 303 g/mol. The molecule has 2 aromatic heterocycles. The molecule has 1 saturated heterocycles. The van der Waals surface area contributed by atoms with Gasteiger partial charge in [-0.15, -0.1) is 0 Å². The van der Waals surface area contributed by atoms with Crippen molar-refractivity contribution in [3.05, 3.63) is 24.2 Å². The molecular formula is C15H21N5O2. The van der Waals surface area contributed by atoms with Crippen molar-refractivity contribution < 1.29 is 9.53 Å². The number of aromatic nitrogens is 3. The third-order valence-electron chi connectivity index (χ3n) is 3.94. The molecule has 0 radical (unpaired) electrons. The second kappa shape index (κ2) is 6.31. The fourth-order valence-electron chi connectivity index (χ4n) is 2.79. The standard InChI is InChI=1S/C15H21N5O2/c1-12-11-13-15(16-4-5-20(13)17-12)19-8-6-18(7-9-19)14(21)3-10-22-2/h4-5,11H,3,6-10H2,1-2H3. The molecule has 3 rings (SSSR count). The van der Waals surface area contributed by atoms with Gasteiger partial charge in [-0.3, -0.25) is 4.79 Å². The molecule has 0 aromatic carbocycles. The van der Waals surface area contributed by atoms with Crippen molar-refractivity contribution in [2.75, 3.05) is 44.8 Å². The Morgan fingerprint density at radius 2 is 2.09 bits per heavy atom. The molecule has 7 nitrogen and oxygen atoms in total. The zero-order valence-electron chi connectivity index (χ0n) is 13.0. The summed E-state index contributed by atoms with van der Waals surface area (Å²) in [6, 6.07) is 2.04. The van der Waals surface area contributed by atoms with Crippen LogP contribution in [-0.4, -0.2) is 65.3 Å². The van der Waals surface area contributed by atoms with Gasteiger partial charge in [-0.1, -0.05) is 0 Å². The molecule has 0 N–H and O–H groups in total. The predicted molar refractivity (Wildman–Crippen MR) is 83.0 cm³/mol. The molecule has 1 aliphatic rings. The Morgan fingerprint density at radius 3 is 2.82 bits per heavy atom. The maximum Gasteiger partial charge on any atom is 0.225 e. The van der Waals surface area contributed by atoms with Crippen molar-refractivity contribution in [1.29, 1.82) is 0 Å². The topological polar surface area (TPSA) is 63.0 Å². The maximum absolute atomic E-state index is 12.0. The van der Waals surface area contributed by atoms with E-state index in [0.29, 0.717) is 13.0 Å². The van der Waals surface area contributed by atoms with E-state index in [-0.39, 0.29) is 5.91 Å². The Balaban J connectivity index is 1.69. The number of carbonyl (C=O) groups is 1. The quantitative estimate of drug-likeness (QED) is 0.833. The highest BCUT2D eigenvalue weighted by Crippen LogP contribution is 2.21. The van der Waals surface area contributed by atoms with E-state index < -0.39 is 0 Å². The summed E-state index contributed by atoms with van der Waals surface area (Å²) in [7, 11) is 1.62. The molecule has 7 heteroatoms. The Bertz CT molecular complexity index is 661. The van der Waals surface area contributed by atoms with Gasteiger partial charge >= 0.3 is 0 Å². The Labute approximate surface area is 129 Å². The van der Waals surface area contributed by atoms with Gasteiger partial charge in [0.1, 0.15) is 5.52 Å². The van der Waals surface area contributed by atoms with Crippen molar-refractivity contribution in [3.8, 4) is 0 Å². The lowest BCUT2D eigenvalue weighted by Gasteiger charge is -2.35. The SMILES string of the molecule is COCCC(=O)N1CCN(c2nccn3nc(C)cc23)CC1. The van der Waals surface area contributed by atoms with E-state index >= 15 is 0 Å². The molecule has 2 aromatic rings. The van der Waals surface area contributed by atoms with Crippen LogP contribution in [0.25, 0.3) is 5.52 Å². The van der Waals surface area contributed by atoms with Crippen LogP contribution in [0.15, 0.2) is 18.5 Å². The molecule has 1 fully saturated rings. The van der Waals surface area contributed by atoms with E-state index in [0.717, 1.165) is 43.2 Å². The number of fused-ring (bicyclic) bond motifs is 1. The number of amides is 1. The Hall–Kier alpha value is -2.15. The zero-order valence-corrected chi connectivity index (χ0v) is 13.0. The average molecular weight is 303 g/mol. The summed E-state index contributed by atoms with van der Waals surface area (Å²) in [5, 5.41) is 4.42. The lowest BCUT2D eigenvalue weighted by molar-refractivity contribution is -0.132. The van der Waals surface area contributed by atoms with Gasteiger partial charge in [0.05, 0.1) is 18.7 Å². The van der Waals surface area contributed by atoms with Crippen molar-refractivity contribution in [1.82, 2.24) is 19.5 Å². The van der Waals surface area contributed by atoms with E-state index in [1.54, 1.807) is 13.3 Å². The lowest BCUT2D eigenvalue weighted by Crippen LogP contribution is -2.49. The van der Waals surface area contributed by atoms with Crippen LogP contribution in [0.1, 0.15) is 12.1 Å². The minimum absolute atomic E-state index is 0.160. The third-order valence-corrected chi connectivity index (χ3v) is 3.94. The number of hydrogen-bond acceptors (Lipinski definition) is 5. The molecule has 0 aliphatic carbocycles. The van der Waals surface area contributed by atoms with Gasteiger partial charge in [-0.2, -0.15) is 5.10 Å². The van der Waals surface area contributed by atoms with Crippen LogP contribution in [0, 0.1) is 6.92 Å². The van der Waals surface area contributed by atoms with Gasteiger partial charge in [-0.25, -0.2) is 9.50 Å². The van der Waals surface area contributed by atoms with Gasteiger partial charge in [-0.05, 0) is 13.0 Å². The number of ether oxygens (including phenoxy) is 1. The second-order valence-electron chi connectivity index (χ2n) is 5.48. The molecule has 118 valence electrons. The fourth-order valence-corrected chi connectivity index (χ4v) is 2.79. The summed E-state index contributed by atoms with van der Waals surface area (Å²) < 4.78 is 6.82. The fraction of sp³-hybridized carbons (Fsp3) is 0.533. The second-order valence-corrected chi connectivity index (χ2v) is 5.48. The van der Waals surface area contributed by atoms with Crippen molar-refractivity contribution in [2.24, 2.45) is 0 Å². The number of nitrogens with zero attached hydrogens (tertiary/aromatic N) is 5. The molecule has 1 aliphatic heterocycles. The normalized spacial score (nSPS) is 15.5. The number of piperazine rings is 1. The van der Waals surface area contributed by atoms with Crippen LogP contribution < -0.4 is 4.90 Å². The van der Waals surface area contributed by atoms with Crippen LogP contribution >= 0.6 is 0 Å². The molecule has 1 amide bonds. The minimum atomic E-state index is 0.160.